The molecule has 4 nitrogen and oxygen atoms in total. The highest BCUT2D eigenvalue weighted by Crippen LogP contribution is 2.22. The van der Waals surface area contributed by atoms with Crippen LogP contribution in [-0.4, -0.2) is 16.9 Å². The van der Waals surface area contributed by atoms with Crippen molar-refractivity contribution in [3.63, 3.8) is 0 Å². The molecule has 1 saturated carbocycles. The molecular weight excluding hydrogens is 310 g/mol. The number of anilines is 2. The van der Waals surface area contributed by atoms with Gasteiger partial charge in [0, 0.05) is 17.9 Å². The molecule has 0 saturated heterocycles. The Balaban J connectivity index is 1.68. The number of nitrogens with one attached hydrogen (secondary N) is 2. The maximum Gasteiger partial charge on any atom is 0.253 e. The van der Waals surface area contributed by atoms with Crippen molar-refractivity contribution in [1.29, 1.82) is 0 Å². The van der Waals surface area contributed by atoms with Gasteiger partial charge >= 0.3 is 0 Å². The summed E-state index contributed by atoms with van der Waals surface area (Å²) in [6.45, 7) is 4.15. The Morgan fingerprint density at radius 3 is 2.52 bits per heavy atom. The fourth-order valence-corrected chi connectivity index (χ4v) is 3.43. The molecule has 2 N–H and O–H groups in total. The van der Waals surface area contributed by atoms with Gasteiger partial charge in [-0.2, -0.15) is 0 Å². The minimum Gasteiger partial charge on any atom is -0.354 e. The third-order valence-corrected chi connectivity index (χ3v) is 4.85. The Hall–Kier alpha value is -2.36. The Labute approximate surface area is 150 Å². The molecule has 1 aromatic heterocycles. The molecule has 0 atom stereocenters. The maximum absolute atomic E-state index is 12.6. The molecule has 0 bridgehead atoms. The SMILES string of the molecule is Cc1ccc(Nc2cncc(C(=O)NC3CCCCCC3)c2)c(C)c1. The average molecular weight is 337 g/mol. The van der Waals surface area contributed by atoms with Crippen molar-refractivity contribution in [1.82, 2.24) is 10.3 Å². The zero-order valence-corrected chi connectivity index (χ0v) is 15.1. The topological polar surface area (TPSA) is 54.0 Å². The average Bonchev–Trinajstić information content (AvgIpc) is 2.86. The number of benzene rings is 1. The van der Waals surface area contributed by atoms with E-state index in [1.54, 1.807) is 12.4 Å². The fourth-order valence-electron chi connectivity index (χ4n) is 3.43. The Morgan fingerprint density at radius 1 is 1.04 bits per heavy atom. The third kappa shape index (κ3) is 4.81. The van der Waals surface area contributed by atoms with Gasteiger partial charge in [-0.05, 0) is 44.4 Å². The molecule has 4 heteroatoms. The van der Waals surface area contributed by atoms with Crippen molar-refractivity contribution in [3.05, 3.63) is 53.3 Å². The number of hydrogen-bond donors (Lipinski definition) is 2. The van der Waals surface area contributed by atoms with Crippen LogP contribution in [0.2, 0.25) is 0 Å². The van der Waals surface area contributed by atoms with Crippen molar-refractivity contribution < 1.29 is 4.79 Å². The summed E-state index contributed by atoms with van der Waals surface area (Å²) in [5.74, 6) is -0.0244. The van der Waals surface area contributed by atoms with Crippen LogP contribution < -0.4 is 10.6 Å². The van der Waals surface area contributed by atoms with Gasteiger partial charge in [0.15, 0.2) is 0 Å². The van der Waals surface area contributed by atoms with E-state index in [4.69, 9.17) is 0 Å². The van der Waals surface area contributed by atoms with Gasteiger partial charge in [0.05, 0.1) is 17.4 Å². The van der Waals surface area contributed by atoms with Gasteiger partial charge in [-0.25, -0.2) is 0 Å². The van der Waals surface area contributed by atoms with Crippen LogP contribution in [0.4, 0.5) is 11.4 Å². The van der Waals surface area contributed by atoms with Crippen LogP contribution in [0.3, 0.4) is 0 Å². The molecule has 1 heterocycles. The molecular formula is C21H27N3O. The molecule has 0 spiro atoms. The minimum absolute atomic E-state index is 0.0244. The van der Waals surface area contributed by atoms with Crippen molar-refractivity contribution in [2.75, 3.05) is 5.32 Å². The van der Waals surface area contributed by atoms with Gasteiger partial charge in [-0.1, -0.05) is 43.4 Å². The molecule has 1 fully saturated rings. The summed E-state index contributed by atoms with van der Waals surface area (Å²) in [5, 5.41) is 6.54. The van der Waals surface area contributed by atoms with Gasteiger partial charge in [0.2, 0.25) is 0 Å². The molecule has 1 aromatic carbocycles. The standard InChI is InChI=1S/C21H27N3O/c1-15-9-10-20(16(2)11-15)23-19-12-17(13-22-14-19)21(25)24-18-7-5-3-4-6-8-18/h9-14,18,23H,3-8H2,1-2H3,(H,24,25). The molecule has 0 radical (unpaired) electrons. The zero-order chi connectivity index (χ0) is 17.6. The van der Waals surface area contributed by atoms with E-state index in [2.05, 4.69) is 47.7 Å². The molecule has 132 valence electrons. The van der Waals surface area contributed by atoms with Crippen LogP contribution in [0.1, 0.15) is 60.0 Å². The van der Waals surface area contributed by atoms with E-state index in [9.17, 15) is 4.79 Å². The lowest BCUT2D eigenvalue weighted by molar-refractivity contribution is 0.0933. The number of nitrogens with zero attached hydrogens (tertiary/aromatic N) is 1. The molecule has 3 rings (SSSR count). The summed E-state index contributed by atoms with van der Waals surface area (Å²) < 4.78 is 0. The second kappa shape index (κ2) is 8.15. The first-order valence-electron chi connectivity index (χ1n) is 9.22. The van der Waals surface area contributed by atoms with Crippen LogP contribution in [0.25, 0.3) is 0 Å². The van der Waals surface area contributed by atoms with E-state index < -0.39 is 0 Å². The first-order chi connectivity index (χ1) is 12.1. The van der Waals surface area contributed by atoms with Gasteiger partial charge in [-0.3, -0.25) is 9.78 Å². The Morgan fingerprint density at radius 2 is 1.80 bits per heavy atom. The summed E-state index contributed by atoms with van der Waals surface area (Å²) in [4.78, 5) is 16.8. The van der Waals surface area contributed by atoms with Gasteiger partial charge in [0.25, 0.3) is 5.91 Å². The normalized spacial score (nSPS) is 15.4. The van der Waals surface area contributed by atoms with E-state index >= 15 is 0 Å². The number of aryl methyl sites for hydroxylation is 2. The largest absolute Gasteiger partial charge is 0.354 e. The van der Waals surface area contributed by atoms with E-state index in [1.165, 1.54) is 36.8 Å². The van der Waals surface area contributed by atoms with Crippen LogP contribution in [-0.2, 0) is 0 Å². The molecule has 0 unspecified atom stereocenters. The van der Waals surface area contributed by atoms with Crippen LogP contribution >= 0.6 is 0 Å². The van der Waals surface area contributed by atoms with Crippen LogP contribution in [0, 0.1) is 13.8 Å². The van der Waals surface area contributed by atoms with E-state index in [0.717, 1.165) is 24.2 Å². The number of aromatic nitrogens is 1. The molecule has 2 aromatic rings. The summed E-state index contributed by atoms with van der Waals surface area (Å²) in [7, 11) is 0. The first kappa shape index (κ1) is 17.5. The lowest BCUT2D eigenvalue weighted by atomic mass is 10.1. The number of hydrogen-bond acceptors (Lipinski definition) is 3. The quantitative estimate of drug-likeness (QED) is 0.781. The van der Waals surface area contributed by atoms with E-state index in [-0.39, 0.29) is 5.91 Å². The van der Waals surface area contributed by atoms with Crippen molar-refractivity contribution in [3.8, 4) is 0 Å². The number of amides is 1. The van der Waals surface area contributed by atoms with Gasteiger partial charge in [0.1, 0.15) is 0 Å². The van der Waals surface area contributed by atoms with E-state index in [1.807, 2.05) is 6.07 Å². The molecule has 1 amide bonds. The number of rotatable bonds is 4. The summed E-state index contributed by atoms with van der Waals surface area (Å²) >= 11 is 0. The predicted octanol–water partition coefficient (Wildman–Crippen LogP) is 4.89. The van der Waals surface area contributed by atoms with Gasteiger partial charge < -0.3 is 10.6 Å². The Kier molecular flexibility index (Phi) is 5.69. The number of carbonyl (C=O) groups excluding carboxylic acids is 1. The zero-order valence-electron chi connectivity index (χ0n) is 15.1. The minimum atomic E-state index is -0.0244. The lowest BCUT2D eigenvalue weighted by Gasteiger charge is -2.16. The molecule has 25 heavy (non-hydrogen) atoms. The predicted molar refractivity (Wildman–Crippen MR) is 102 cm³/mol. The van der Waals surface area contributed by atoms with Crippen LogP contribution in [0.15, 0.2) is 36.7 Å². The maximum atomic E-state index is 12.6. The highest BCUT2D eigenvalue weighted by atomic mass is 16.1. The fraction of sp³-hybridized carbons (Fsp3) is 0.429. The smallest absolute Gasteiger partial charge is 0.253 e. The van der Waals surface area contributed by atoms with Crippen molar-refractivity contribution in [2.24, 2.45) is 0 Å². The second-order valence-electron chi connectivity index (χ2n) is 7.07. The molecule has 1 aliphatic carbocycles. The third-order valence-electron chi connectivity index (χ3n) is 4.85. The van der Waals surface area contributed by atoms with E-state index in [0.29, 0.717) is 11.6 Å². The van der Waals surface area contributed by atoms with Gasteiger partial charge in [-0.15, -0.1) is 0 Å². The lowest BCUT2D eigenvalue weighted by Crippen LogP contribution is -2.34. The molecule has 1 aliphatic rings. The monoisotopic (exact) mass is 337 g/mol. The second-order valence-corrected chi connectivity index (χ2v) is 7.07. The number of pyridine rings is 1. The van der Waals surface area contributed by atoms with Crippen LogP contribution in [0.5, 0.6) is 0 Å². The van der Waals surface area contributed by atoms with Crippen molar-refractivity contribution in [2.45, 2.75) is 58.4 Å². The highest BCUT2D eigenvalue weighted by Gasteiger charge is 2.16. The highest BCUT2D eigenvalue weighted by molar-refractivity contribution is 5.95. The van der Waals surface area contributed by atoms with Crippen molar-refractivity contribution >= 4 is 17.3 Å². The Bertz CT molecular complexity index is 734. The summed E-state index contributed by atoms with van der Waals surface area (Å²) in [6, 6.07) is 8.44. The molecule has 0 aliphatic heterocycles. The summed E-state index contributed by atoms with van der Waals surface area (Å²) in [5.41, 5.74) is 4.89. The number of carbonyl (C=O) groups is 1. The first-order valence-corrected chi connectivity index (χ1v) is 9.22. The summed E-state index contributed by atoms with van der Waals surface area (Å²) in [6.07, 6.45) is 10.5.